The number of fused-ring (bicyclic) bond motifs is 4. The highest BCUT2D eigenvalue weighted by Crippen LogP contribution is 2.51. The van der Waals surface area contributed by atoms with E-state index in [1.165, 1.54) is 34.1 Å². The molecule has 0 atom stereocenters. The third-order valence-corrected chi connectivity index (χ3v) is 8.90. The second-order valence-electron chi connectivity index (χ2n) is 9.55. The minimum atomic E-state index is -1.25. The molecule has 0 unspecified atom stereocenters. The Hall–Kier alpha value is -4.20. The number of hydrogen-bond donors (Lipinski definition) is 1. The lowest BCUT2D eigenvalue weighted by atomic mass is 9.79. The highest BCUT2D eigenvalue weighted by Gasteiger charge is 2.43. The van der Waals surface area contributed by atoms with Gasteiger partial charge in [0.1, 0.15) is 22.7 Å². The van der Waals surface area contributed by atoms with Gasteiger partial charge in [-0.2, -0.15) is 14.0 Å². The van der Waals surface area contributed by atoms with E-state index < -0.39 is 11.4 Å². The number of nitrogens with zero attached hydrogens (tertiary/aromatic N) is 3. The van der Waals surface area contributed by atoms with Crippen molar-refractivity contribution in [1.29, 1.82) is 5.26 Å². The number of benzene rings is 3. The summed E-state index contributed by atoms with van der Waals surface area (Å²) in [6, 6.07) is 24.5. The maximum atomic E-state index is 11.3. The summed E-state index contributed by atoms with van der Waals surface area (Å²) < 4.78 is 20.8. The molecule has 0 radical (unpaired) electrons. The van der Waals surface area contributed by atoms with Crippen molar-refractivity contribution in [3.05, 3.63) is 88.3 Å². The third kappa shape index (κ3) is 4.13. The highest BCUT2D eigenvalue weighted by atomic mass is 32.1. The number of aliphatic carboxylic acids is 1. The zero-order valence-corrected chi connectivity index (χ0v) is 23.3. The molecule has 0 aliphatic heterocycles. The summed E-state index contributed by atoms with van der Waals surface area (Å²) in [5, 5.41) is 18.3. The van der Waals surface area contributed by atoms with Crippen molar-refractivity contribution in [2.24, 2.45) is 0 Å². The lowest BCUT2D eigenvalue weighted by molar-refractivity contribution is -0.132. The van der Waals surface area contributed by atoms with Crippen molar-refractivity contribution < 1.29 is 19.4 Å². The van der Waals surface area contributed by atoms with Gasteiger partial charge in [-0.25, -0.2) is 4.79 Å². The largest absolute Gasteiger partial charge is 0.477 e. The molecule has 2 heterocycles. The van der Waals surface area contributed by atoms with Crippen LogP contribution in [0.2, 0.25) is 0 Å². The molecule has 0 spiro atoms. The zero-order chi connectivity index (χ0) is 27.9. The minimum Gasteiger partial charge on any atom is -0.477 e. The summed E-state index contributed by atoms with van der Waals surface area (Å²) in [7, 11) is 3.44. The molecular weight excluding hydrogens is 542 g/mol. The molecule has 0 bridgehead atoms. The average molecular weight is 566 g/mol. The maximum absolute atomic E-state index is 11.3. The third-order valence-electron chi connectivity index (χ3n) is 7.31. The predicted molar refractivity (Wildman–Crippen MR) is 157 cm³/mol. The fourth-order valence-electron chi connectivity index (χ4n) is 5.63. The molecule has 1 aliphatic carbocycles. The number of rotatable bonds is 8. The van der Waals surface area contributed by atoms with Crippen LogP contribution in [0, 0.1) is 11.3 Å². The van der Waals surface area contributed by atoms with E-state index in [9.17, 15) is 9.90 Å². The quantitative estimate of drug-likeness (QED) is 0.166. The molecule has 5 aromatic rings. The summed E-state index contributed by atoms with van der Waals surface area (Å²) in [4.78, 5) is 12.9. The van der Waals surface area contributed by atoms with Crippen LogP contribution in [0.15, 0.2) is 72.3 Å². The molecule has 198 valence electrons. The number of carboxylic acids is 1. The van der Waals surface area contributed by atoms with Gasteiger partial charge in [0.2, 0.25) is 0 Å². The van der Waals surface area contributed by atoms with E-state index in [-0.39, 0.29) is 5.57 Å². The fourth-order valence-corrected chi connectivity index (χ4v) is 7.18. The molecule has 0 amide bonds. The molecule has 7 nitrogen and oxygen atoms in total. The number of methoxy groups -OCH3 is 2. The molecular formula is C31H23N3O4S2. The SMILES string of the molecule is COCC1(COC)c2ccccc2-c2ccc(-c3ccc(-c4ccc(/C=C(/C#N)C(=O)O)s4)c4nsnc34)cc21. The maximum Gasteiger partial charge on any atom is 0.346 e. The second kappa shape index (κ2) is 10.4. The molecule has 1 N–H and O–H groups in total. The first-order chi connectivity index (χ1) is 19.5. The number of carbonyl (C=O) groups is 1. The van der Waals surface area contributed by atoms with Crippen LogP contribution < -0.4 is 0 Å². The van der Waals surface area contributed by atoms with Crippen molar-refractivity contribution >= 4 is 46.1 Å². The van der Waals surface area contributed by atoms with Crippen LogP contribution in [0.3, 0.4) is 0 Å². The van der Waals surface area contributed by atoms with Crippen LogP contribution in [0.4, 0.5) is 0 Å². The van der Waals surface area contributed by atoms with Crippen LogP contribution >= 0.6 is 23.1 Å². The lowest BCUT2D eigenvalue weighted by Crippen LogP contribution is -2.35. The Morgan fingerprint density at radius 2 is 1.60 bits per heavy atom. The van der Waals surface area contributed by atoms with Crippen molar-refractivity contribution in [2.75, 3.05) is 27.4 Å². The standard InChI is InChI=1S/C31H23N3O4S2/c1-37-16-31(17-38-2)25-6-4-3-5-22(25)23-9-7-18(14-26(23)31)21-10-11-24(29-28(21)33-40-34-29)27-12-8-20(39-27)13-19(15-32)30(35)36/h3-14H,16-17H2,1-2H3,(H,35,36)/b19-13-. The van der Waals surface area contributed by atoms with Gasteiger partial charge in [-0.15, -0.1) is 11.3 Å². The van der Waals surface area contributed by atoms with Crippen molar-refractivity contribution in [1.82, 2.24) is 8.75 Å². The number of hydrogen-bond acceptors (Lipinski definition) is 8. The average Bonchev–Trinajstić information content (AvgIpc) is 3.70. The van der Waals surface area contributed by atoms with E-state index in [1.807, 2.05) is 18.2 Å². The number of ether oxygens (including phenoxy) is 2. The molecule has 6 rings (SSSR count). The second-order valence-corrected chi connectivity index (χ2v) is 11.2. The lowest BCUT2D eigenvalue weighted by Gasteiger charge is -2.30. The Morgan fingerprint density at radius 3 is 2.33 bits per heavy atom. The van der Waals surface area contributed by atoms with Crippen molar-refractivity contribution in [3.8, 4) is 38.8 Å². The molecule has 40 heavy (non-hydrogen) atoms. The topological polar surface area (TPSA) is 105 Å². The van der Waals surface area contributed by atoms with Crippen molar-refractivity contribution in [3.63, 3.8) is 0 Å². The van der Waals surface area contributed by atoms with Crippen molar-refractivity contribution in [2.45, 2.75) is 5.41 Å². The molecule has 0 saturated carbocycles. The number of thiophene rings is 1. The van der Waals surface area contributed by atoms with Crippen LogP contribution in [0.5, 0.6) is 0 Å². The number of nitriles is 1. The molecule has 0 fully saturated rings. The van der Waals surface area contributed by atoms with Gasteiger partial charge >= 0.3 is 5.97 Å². The van der Waals surface area contributed by atoms with E-state index in [4.69, 9.17) is 14.7 Å². The summed E-state index contributed by atoms with van der Waals surface area (Å²) in [5.41, 5.74) is 8.50. The minimum absolute atomic E-state index is 0.305. The zero-order valence-electron chi connectivity index (χ0n) is 21.7. The van der Waals surface area contributed by atoms with Crippen LogP contribution in [-0.2, 0) is 19.7 Å². The molecule has 1 aliphatic rings. The van der Waals surface area contributed by atoms with Crippen LogP contribution in [-0.4, -0.2) is 47.3 Å². The molecule has 9 heteroatoms. The Labute approximate surface area is 238 Å². The van der Waals surface area contributed by atoms with E-state index in [0.717, 1.165) is 49.9 Å². The van der Waals surface area contributed by atoms with E-state index in [2.05, 4.69) is 57.3 Å². The van der Waals surface area contributed by atoms with Gasteiger partial charge in [0.25, 0.3) is 0 Å². The molecule has 2 aromatic heterocycles. The monoisotopic (exact) mass is 565 g/mol. The number of aromatic nitrogens is 2. The smallest absolute Gasteiger partial charge is 0.346 e. The first-order valence-electron chi connectivity index (χ1n) is 12.4. The fraction of sp³-hybridized carbons (Fsp3) is 0.161. The summed E-state index contributed by atoms with van der Waals surface area (Å²) in [6.45, 7) is 0.983. The highest BCUT2D eigenvalue weighted by molar-refractivity contribution is 7.16. The van der Waals surface area contributed by atoms with Gasteiger partial charge in [0.15, 0.2) is 0 Å². The Bertz CT molecular complexity index is 1840. The predicted octanol–water partition coefficient (Wildman–Crippen LogP) is 6.64. The van der Waals surface area contributed by atoms with Crippen LogP contribution in [0.1, 0.15) is 16.0 Å². The number of carboxylic acid groups (broad SMARTS) is 1. The van der Waals surface area contributed by atoms with Gasteiger partial charge < -0.3 is 14.6 Å². The summed E-state index contributed by atoms with van der Waals surface area (Å²) in [5.74, 6) is -1.25. The van der Waals surface area contributed by atoms with E-state index >= 15 is 0 Å². The first-order valence-corrected chi connectivity index (χ1v) is 14.0. The van der Waals surface area contributed by atoms with Gasteiger partial charge in [-0.3, -0.25) is 0 Å². The Balaban J connectivity index is 1.46. The normalized spacial score (nSPS) is 13.7. The Kier molecular flexibility index (Phi) is 6.78. The molecule has 0 saturated heterocycles. The molecule has 3 aromatic carbocycles. The Morgan fingerprint density at radius 1 is 0.925 bits per heavy atom. The summed E-state index contributed by atoms with van der Waals surface area (Å²) in [6.07, 6.45) is 1.39. The summed E-state index contributed by atoms with van der Waals surface area (Å²) >= 11 is 2.56. The van der Waals surface area contributed by atoms with E-state index in [1.54, 1.807) is 20.3 Å². The first kappa shape index (κ1) is 26.0. The van der Waals surface area contributed by atoms with Gasteiger partial charge in [-0.1, -0.05) is 48.5 Å². The van der Waals surface area contributed by atoms with Gasteiger partial charge in [0, 0.05) is 35.1 Å². The van der Waals surface area contributed by atoms with Gasteiger partial charge in [-0.05, 0) is 52.1 Å². The van der Waals surface area contributed by atoms with Crippen LogP contribution in [0.25, 0.3) is 49.8 Å². The van der Waals surface area contributed by atoms with E-state index in [0.29, 0.717) is 18.1 Å². The van der Waals surface area contributed by atoms with Gasteiger partial charge in [0.05, 0.1) is 30.4 Å².